The van der Waals surface area contributed by atoms with Gasteiger partial charge >= 0.3 is 5.97 Å². The lowest BCUT2D eigenvalue weighted by Crippen LogP contribution is -2.31. The molecule has 0 unspecified atom stereocenters. The monoisotopic (exact) mass is 487 g/mol. The molecule has 1 amide bonds. The van der Waals surface area contributed by atoms with Crippen molar-refractivity contribution in [3.8, 4) is 11.4 Å². The maximum Gasteiger partial charge on any atom is 0.325 e. The summed E-state index contributed by atoms with van der Waals surface area (Å²) in [5.41, 5.74) is 1.65. The van der Waals surface area contributed by atoms with E-state index < -0.39 is 5.97 Å². The Morgan fingerprint density at radius 1 is 1.21 bits per heavy atom. The number of methoxy groups -OCH3 is 1. The van der Waals surface area contributed by atoms with E-state index in [9.17, 15) is 14.4 Å². The van der Waals surface area contributed by atoms with Gasteiger partial charge in [0, 0.05) is 4.88 Å². The van der Waals surface area contributed by atoms with Gasteiger partial charge in [-0.15, -0.1) is 11.3 Å². The summed E-state index contributed by atoms with van der Waals surface area (Å²) in [4.78, 5) is 44.0. The van der Waals surface area contributed by atoms with Crippen LogP contribution in [0.25, 0.3) is 15.9 Å². The number of esters is 1. The van der Waals surface area contributed by atoms with Crippen LogP contribution in [-0.4, -0.2) is 47.4 Å². The lowest BCUT2D eigenvalue weighted by Gasteiger charge is -2.14. The Kier molecular flexibility index (Phi) is 7.34. The molecule has 0 spiro atoms. The highest BCUT2D eigenvalue weighted by Gasteiger charge is 2.23. The lowest BCUT2D eigenvalue weighted by atomic mass is 9.97. The molecule has 1 N–H and O–H groups in total. The Morgan fingerprint density at radius 3 is 2.70 bits per heavy atom. The van der Waals surface area contributed by atoms with Gasteiger partial charge in [0.15, 0.2) is 5.16 Å². The first-order valence-electron chi connectivity index (χ1n) is 10.8. The molecule has 0 bridgehead atoms. The number of amides is 1. The number of nitrogens with one attached hydrogen (secondary N) is 1. The van der Waals surface area contributed by atoms with E-state index in [2.05, 4.69) is 10.1 Å². The molecule has 0 atom stereocenters. The fraction of sp³-hybridized carbons (Fsp3) is 0.391. The van der Waals surface area contributed by atoms with Gasteiger partial charge in [0.1, 0.15) is 17.1 Å². The molecule has 10 heteroatoms. The minimum atomic E-state index is -0.525. The predicted octanol–water partition coefficient (Wildman–Crippen LogP) is 3.11. The van der Waals surface area contributed by atoms with E-state index in [1.54, 1.807) is 15.9 Å². The van der Waals surface area contributed by atoms with Crippen LogP contribution >= 0.6 is 23.1 Å². The van der Waals surface area contributed by atoms with Crippen LogP contribution in [0.15, 0.2) is 34.2 Å². The molecule has 1 aliphatic rings. The third kappa shape index (κ3) is 5.06. The van der Waals surface area contributed by atoms with Crippen molar-refractivity contribution in [2.75, 3.05) is 26.0 Å². The van der Waals surface area contributed by atoms with Crippen LogP contribution in [0.4, 0.5) is 0 Å². The number of hydrogen-bond donors (Lipinski definition) is 1. The van der Waals surface area contributed by atoms with Gasteiger partial charge in [-0.1, -0.05) is 11.8 Å². The number of carbonyl (C=O) groups excluding carboxylic acids is 2. The number of rotatable bonds is 8. The minimum Gasteiger partial charge on any atom is -0.494 e. The topological polar surface area (TPSA) is 99.5 Å². The molecule has 1 aliphatic carbocycles. The molecule has 0 saturated carbocycles. The highest BCUT2D eigenvalue weighted by atomic mass is 32.2. The summed E-state index contributed by atoms with van der Waals surface area (Å²) >= 11 is 2.73. The van der Waals surface area contributed by atoms with Crippen molar-refractivity contribution < 1.29 is 19.1 Å². The maximum atomic E-state index is 13.7. The van der Waals surface area contributed by atoms with E-state index in [1.807, 2.05) is 31.2 Å². The highest BCUT2D eigenvalue weighted by molar-refractivity contribution is 7.99. The van der Waals surface area contributed by atoms with Crippen LogP contribution in [0.3, 0.4) is 0 Å². The molecular formula is C23H25N3O5S2. The van der Waals surface area contributed by atoms with Gasteiger partial charge in [0.25, 0.3) is 5.56 Å². The number of carbonyl (C=O) groups is 2. The van der Waals surface area contributed by atoms with E-state index in [4.69, 9.17) is 9.72 Å². The van der Waals surface area contributed by atoms with E-state index in [-0.39, 0.29) is 23.8 Å². The fourth-order valence-electron chi connectivity index (χ4n) is 3.79. The maximum absolute atomic E-state index is 13.7. The summed E-state index contributed by atoms with van der Waals surface area (Å²) in [6.07, 6.45) is 4.04. The van der Waals surface area contributed by atoms with Crippen molar-refractivity contribution in [3.05, 3.63) is 45.1 Å². The van der Waals surface area contributed by atoms with Gasteiger partial charge < -0.3 is 14.8 Å². The molecule has 0 fully saturated rings. The van der Waals surface area contributed by atoms with E-state index >= 15 is 0 Å². The van der Waals surface area contributed by atoms with Crippen LogP contribution in [0, 0.1) is 0 Å². The number of benzene rings is 1. The van der Waals surface area contributed by atoms with Crippen molar-refractivity contribution in [1.29, 1.82) is 0 Å². The van der Waals surface area contributed by atoms with Gasteiger partial charge in [-0.3, -0.25) is 19.0 Å². The van der Waals surface area contributed by atoms with E-state index in [0.717, 1.165) is 43.0 Å². The van der Waals surface area contributed by atoms with Gasteiger partial charge in [-0.05, 0) is 62.4 Å². The number of nitrogens with zero attached hydrogens (tertiary/aromatic N) is 2. The van der Waals surface area contributed by atoms with Gasteiger partial charge in [-0.2, -0.15) is 0 Å². The molecule has 4 rings (SSSR count). The normalized spacial score (nSPS) is 12.9. The zero-order valence-corrected chi connectivity index (χ0v) is 20.1. The summed E-state index contributed by atoms with van der Waals surface area (Å²) in [7, 11) is 1.26. The summed E-state index contributed by atoms with van der Waals surface area (Å²) in [5, 5.41) is 3.63. The molecule has 8 nitrogen and oxygen atoms in total. The molecular weight excluding hydrogens is 462 g/mol. The first-order valence-corrected chi connectivity index (χ1v) is 12.6. The second-order valence-electron chi connectivity index (χ2n) is 7.49. The standard InChI is InChI=1S/C23H25N3O5S2/c1-3-31-15-10-8-14(9-11-15)26-22(29)20-16-6-4-5-7-17(16)33-21(20)25-23(26)32-13-18(27)24-12-19(28)30-2/h8-11H,3-7,12-13H2,1-2H3,(H,24,27). The summed E-state index contributed by atoms with van der Waals surface area (Å²) < 4.78 is 11.6. The van der Waals surface area contributed by atoms with E-state index in [0.29, 0.717) is 33.4 Å². The fourth-order valence-corrected chi connectivity index (χ4v) is 5.94. The van der Waals surface area contributed by atoms with Crippen molar-refractivity contribution in [2.45, 2.75) is 37.8 Å². The van der Waals surface area contributed by atoms with Gasteiger partial charge in [-0.25, -0.2) is 4.98 Å². The Labute approximate surface area is 199 Å². The zero-order chi connectivity index (χ0) is 23.4. The second-order valence-corrected chi connectivity index (χ2v) is 9.52. The number of aromatic nitrogens is 2. The van der Waals surface area contributed by atoms with Gasteiger partial charge in [0.05, 0.1) is 30.5 Å². The van der Waals surface area contributed by atoms with Crippen molar-refractivity contribution in [1.82, 2.24) is 14.9 Å². The Balaban J connectivity index is 1.72. The smallest absolute Gasteiger partial charge is 0.325 e. The van der Waals surface area contributed by atoms with Crippen molar-refractivity contribution in [3.63, 3.8) is 0 Å². The largest absolute Gasteiger partial charge is 0.494 e. The number of fused-ring (bicyclic) bond motifs is 3. The molecule has 0 aliphatic heterocycles. The Hall–Kier alpha value is -2.85. The van der Waals surface area contributed by atoms with Crippen LogP contribution in [0.1, 0.15) is 30.2 Å². The first-order chi connectivity index (χ1) is 16.0. The molecule has 0 radical (unpaired) electrons. The number of aryl methyl sites for hydroxylation is 2. The molecule has 33 heavy (non-hydrogen) atoms. The van der Waals surface area contributed by atoms with Crippen LogP contribution in [-0.2, 0) is 27.2 Å². The van der Waals surface area contributed by atoms with Gasteiger partial charge in [0.2, 0.25) is 5.91 Å². The average Bonchev–Trinajstić information content (AvgIpc) is 3.20. The predicted molar refractivity (Wildman–Crippen MR) is 129 cm³/mol. The highest BCUT2D eigenvalue weighted by Crippen LogP contribution is 2.35. The van der Waals surface area contributed by atoms with Crippen LogP contribution in [0.5, 0.6) is 5.75 Å². The number of ether oxygens (including phenoxy) is 2. The molecule has 2 heterocycles. The number of thioether (sulfide) groups is 1. The third-order valence-electron chi connectivity index (χ3n) is 5.35. The minimum absolute atomic E-state index is 0.0110. The molecule has 0 saturated heterocycles. The van der Waals surface area contributed by atoms with Crippen molar-refractivity contribution >= 4 is 45.2 Å². The second kappa shape index (κ2) is 10.4. The zero-order valence-electron chi connectivity index (χ0n) is 18.5. The van der Waals surface area contributed by atoms with Crippen LogP contribution < -0.4 is 15.6 Å². The molecule has 174 valence electrons. The lowest BCUT2D eigenvalue weighted by molar-refractivity contribution is -0.140. The quantitative estimate of drug-likeness (QED) is 0.296. The summed E-state index contributed by atoms with van der Waals surface area (Å²) in [6.45, 7) is 2.26. The Morgan fingerprint density at radius 2 is 1.97 bits per heavy atom. The SMILES string of the molecule is CCOc1ccc(-n2c(SCC(=O)NCC(=O)OC)nc3sc4c(c3c2=O)CCCC4)cc1. The summed E-state index contributed by atoms with van der Waals surface area (Å²) in [5.74, 6) is -0.142. The Bertz CT molecular complexity index is 1230. The first kappa shape index (κ1) is 23.3. The molecule has 1 aromatic carbocycles. The van der Waals surface area contributed by atoms with E-state index in [1.165, 1.54) is 12.0 Å². The molecule has 3 aromatic rings. The number of thiophene rings is 1. The average molecular weight is 488 g/mol. The van der Waals surface area contributed by atoms with Crippen LogP contribution in [0.2, 0.25) is 0 Å². The molecule has 2 aromatic heterocycles. The summed E-state index contributed by atoms with van der Waals surface area (Å²) in [6, 6.07) is 7.27. The van der Waals surface area contributed by atoms with Crippen molar-refractivity contribution in [2.24, 2.45) is 0 Å². The third-order valence-corrected chi connectivity index (χ3v) is 7.48. The number of hydrogen-bond acceptors (Lipinski definition) is 8.